The van der Waals surface area contributed by atoms with Gasteiger partial charge in [0.25, 0.3) is 5.91 Å². The third kappa shape index (κ3) is 2.88. The summed E-state index contributed by atoms with van der Waals surface area (Å²) < 4.78 is 0. The summed E-state index contributed by atoms with van der Waals surface area (Å²) in [6.45, 7) is 1.24. The number of carbonyl (C=O) groups is 2. The van der Waals surface area contributed by atoms with Gasteiger partial charge in [0.05, 0.1) is 5.54 Å². The van der Waals surface area contributed by atoms with Crippen molar-refractivity contribution in [3.05, 3.63) is 60.2 Å². The molecule has 2 saturated heterocycles. The number of nitrogens with one attached hydrogen (secondary N) is 1. The number of likely N-dealkylation sites (tertiary alicyclic amines) is 1. The van der Waals surface area contributed by atoms with Crippen LogP contribution in [0.1, 0.15) is 41.2 Å². The summed E-state index contributed by atoms with van der Waals surface area (Å²) in [5, 5.41) is 3.20. The van der Waals surface area contributed by atoms with Gasteiger partial charge < -0.3 is 10.2 Å². The summed E-state index contributed by atoms with van der Waals surface area (Å²) in [7, 11) is 0. The lowest BCUT2D eigenvalue weighted by molar-refractivity contribution is -0.120. The van der Waals surface area contributed by atoms with E-state index < -0.39 is 0 Å². The molecule has 1 N–H and O–H groups in total. The molecule has 0 aliphatic carbocycles. The van der Waals surface area contributed by atoms with Crippen LogP contribution < -0.4 is 5.32 Å². The zero-order chi connectivity index (χ0) is 17.3. The highest BCUT2D eigenvalue weighted by Crippen LogP contribution is 2.42. The van der Waals surface area contributed by atoms with Crippen molar-refractivity contribution in [3.8, 4) is 0 Å². The van der Waals surface area contributed by atoms with Gasteiger partial charge in [-0.05, 0) is 36.6 Å². The number of aromatic nitrogens is 2. The van der Waals surface area contributed by atoms with Gasteiger partial charge in [0.2, 0.25) is 5.91 Å². The standard InChI is InChI=1S/C19H20N4O2/c24-17-12-15(14-4-3-8-20-13-14)19(22-17)6-10-23(11-7-19)18(25)16-5-1-2-9-21-16/h1-5,8-9,13,15H,6-7,10-12H2,(H,22,24). The topological polar surface area (TPSA) is 75.2 Å². The van der Waals surface area contributed by atoms with E-state index in [4.69, 9.17) is 0 Å². The van der Waals surface area contributed by atoms with E-state index in [-0.39, 0.29) is 23.3 Å². The molecule has 0 aromatic carbocycles. The number of rotatable bonds is 2. The van der Waals surface area contributed by atoms with Gasteiger partial charge in [0.15, 0.2) is 0 Å². The number of piperidine rings is 1. The molecular weight excluding hydrogens is 316 g/mol. The number of pyridine rings is 2. The summed E-state index contributed by atoms with van der Waals surface area (Å²) in [5.41, 5.74) is 1.28. The third-order valence-electron chi connectivity index (χ3n) is 5.36. The van der Waals surface area contributed by atoms with Crippen molar-refractivity contribution in [1.82, 2.24) is 20.2 Å². The summed E-state index contributed by atoms with van der Waals surface area (Å²) >= 11 is 0. The Labute approximate surface area is 146 Å². The molecule has 4 rings (SSSR count). The van der Waals surface area contributed by atoms with Crippen molar-refractivity contribution in [2.75, 3.05) is 13.1 Å². The summed E-state index contributed by atoms with van der Waals surface area (Å²) in [6, 6.07) is 9.30. The maximum atomic E-state index is 12.6. The van der Waals surface area contributed by atoms with Crippen molar-refractivity contribution in [3.63, 3.8) is 0 Å². The molecule has 25 heavy (non-hydrogen) atoms. The van der Waals surface area contributed by atoms with Crippen molar-refractivity contribution >= 4 is 11.8 Å². The molecule has 6 heteroatoms. The van der Waals surface area contributed by atoms with Gasteiger partial charge >= 0.3 is 0 Å². The Bertz CT molecular complexity index is 771. The Morgan fingerprint density at radius 2 is 2.00 bits per heavy atom. The minimum Gasteiger partial charge on any atom is -0.350 e. The number of carbonyl (C=O) groups excluding carboxylic acids is 2. The van der Waals surface area contributed by atoms with Crippen LogP contribution in [0.25, 0.3) is 0 Å². The molecule has 2 aromatic rings. The van der Waals surface area contributed by atoms with Gasteiger partial charge in [-0.3, -0.25) is 19.6 Å². The van der Waals surface area contributed by atoms with Gasteiger partial charge in [-0.2, -0.15) is 0 Å². The van der Waals surface area contributed by atoms with Crippen molar-refractivity contribution < 1.29 is 9.59 Å². The molecular formula is C19H20N4O2. The van der Waals surface area contributed by atoms with Crippen molar-refractivity contribution in [2.45, 2.75) is 30.7 Å². The fourth-order valence-electron chi connectivity index (χ4n) is 4.05. The molecule has 4 heterocycles. The largest absolute Gasteiger partial charge is 0.350 e. The van der Waals surface area contributed by atoms with Crippen LogP contribution >= 0.6 is 0 Å². The maximum absolute atomic E-state index is 12.6. The van der Waals surface area contributed by atoms with E-state index in [9.17, 15) is 9.59 Å². The Balaban J connectivity index is 1.51. The lowest BCUT2D eigenvalue weighted by atomic mass is 9.74. The van der Waals surface area contributed by atoms with E-state index in [1.807, 2.05) is 29.3 Å². The number of hydrogen-bond donors (Lipinski definition) is 1. The maximum Gasteiger partial charge on any atom is 0.272 e. The van der Waals surface area contributed by atoms with Crippen LogP contribution in [-0.2, 0) is 4.79 Å². The average Bonchev–Trinajstić information content (AvgIpc) is 2.99. The van der Waals surface area contributed by atoms with Crippen LogP contribution in [0.5, 0.6) is 0 Å². The molecule has 0 radical (unpaired) electrons. The Hall–Kier alpha value is -2.76. The Morgan fingerprint density at radius 1 is 1.16 bits per heavy atom. The zero-order valence-electron chi connectivity index (χ0n) is 13.9. The first-order valence-corrected chi connectivity index (χ1v) is 8.59. The first kappa shape index (κ1) is 15.7. The highest BCUT2D eigenvalue weighted by Gasteiger charge is 2.49. The van der Waals surface area contributed by atoms with E-state index in [1.165, 1.54) is 0 Å². The van der Waals surface area contributed by atoms with E-state index in [1.54, 1.807) is 24.5 Å². The molecule has 2 amide bonds. The van der Waals surface area contributed by atoms with Gasteiger partial charge in [0, 0.05) is 44.0 Å². The molecule has 2 aromatic heterocycles. The minimum atomic E-state index is -0.277. The number of nitrogens with zero attached hydrogens (tertiary/aromatic N) is 3. The van der Waals surface area contributed by atoms with Crippen molar-refractivity contribution in [2.24, 2.45) is 0 Å². The Kier molecular flexibility index (Phi) is 3.95. The smallest absolute Gasteiger partial charge is 0.272 e. The molecule has 1 atom stereocenters. The van der Waals surface area contributed by atoms with Crippen LogP contribution in [0.2, 0.25) is 0 Å². The summed E-state index contributed by atoms with van der Waals surface area (Å²) in [4.78, 5) is 34.9. The molecule has 1 spiro atoms. The molecule has 128 valence electrons. The van der Waals surface area contributed by atoms with Crippen LogP contribution in [-0.4, -0.2) is 45.3 Å². The average molecular weight is 336 g/mol. The Morgan fingerprint density at radius 3 is 2.68 bits per heavy atom. The van der Waals surface area contributed by atoms with E-state index in [0.717, 1.165) is 18.4 Å². The molecule has 0 bridgehead atoms. The molecule has 1 unspecified atom stereocenters. The normalized spacial score (nSPS) is 22.0. The number of hydrogen-bond acceptors (Lipinski definition) is 4. The molecule has 2 aliphatic rings. The van der Waals surface area contributed by atoms with E-state index >= 15 is 0 Å². The highest BCUT2D eigenvalue weighted by atomic mass is 16.2. The minimum absolute atomic E-state index is 0.0438. The fraction of sp³-hybridized carbons (Fsp3) is 0.368. The predicted octanol–water partition coefficient (Wildman–Crippen LogP) is 1.76. The van der Waals surface area contributed by atoms with Crippen LogP contribution in [0, 0.1) is 0 Å². The second-order valence-corrected chi connectivity index (χ2v) is 6.75. The SMILES string of the molecule is O=C1CC(c2cccnc2)C2(CCN(C(=O)c3ccccn3)CC2)N1. The number of amides is 2. The second kappa shape index (κ2) is 6.27. The molecule has 2 fully saturated rings. The first-order valence-electron chi connectivity index (χ1n) is 8.59. The molecule has 0 saturated carbocycles. The monoisotopic (exact) mass is 336 g/mol. The van der Waals surface area contributed by atoms with Crippen molar-refractivity contribution in [1.29, 1.82) is 0 Å². The highest BCUT2D eigenvalue weighted by molar-refractivity contribution is 5.92. The third-order valence-corrected chi connectivity index (χ3v) is 5.36. The predicted molar refractivity (Wildman–Crippen MR) is 91.8 cm³/mol. The summed E-state index contributed by atoms with van der Waals surface area (Å²) in [5.74, 6) is 0.150. The quantitative estimate of drug-likeness (QED) is 0.907. The van der Waals surface area contributed by atoms with Crippen LogP contribution in [0.4, 0.5) is 0 Å². The molecule has 2 aliphatic heterocycles. The lowest BCUT2D eigenvalue weighted by Gasteiger charge is -2.42. The van der Waals surface area contributed by atoms with E-state index in [2.05, 4.69) is 15.3 Å². The second-order valence-electron chi connectivity index (χ2n) is 6.75. The van der Waals surface area contributed by atoms with Gasteiger partial charge in [-0.15, -0.1) is 0 Å². The van der Waals surface area contributed by atoms with E-state index in [0.29, 0.717) is 25.2 Å². The fourth-order valence-corrected chi connectivity index (χ4v) is 4.05. The van der Waals surface area contributed by atoms with Crippen LogP contribution in [0.15, 0.2) is 48.9 Å². The van der Waals surface area contributed by atoms with Gasteiger partial charge in [0.1, 0.15) is 5.69 Å². The van der Waals surface area contributed by atoms with Crippen LogP contribution in [0.3, 0.4) is 0 Å². The zero-order valence-corrected chi connectivity index (χ0v) is 13.9. The van der Waals surface area contributed by atoms with Gasteiger partial charge in [-0.25, -0.2) is 0 Å². The van der Waals surface area contributed by atoms with Gasteiger partial charge in [-0.1, -0.05) is 12.1 Å². The lowest BCUT2D eigenvalue weighted by Crippen LogP contribution is -2.54. The first-order chi connectivity index (χ1) is 12.2. The summed E-state index contributed by atoms with van der Waals surface area (Å²) in [6.07, 6.45) is 7.20. The molecule has 6 nitrogen and oxygen atoms in total.